The lowest BCUT2D eigenvalue weighted by Gasteiger charge is -2.26. The van der Waals surface area contributed by atoms with Gasteiger partial charge in [0.25, 0.3) is 11.7 Å². The van der Waals surface area contributed by atoms with Gasteiger partial charge in [-0.3, -0.25) is 9.59 Å². The van der Waals surface area contributed by atoms with Crippen LogP contribution in [0, 0.1) is 5.92 Å². The standard InChI is InChI=1S/C28H35NO6/c1-6-33-22-11-7-9-20(15-22)25-24(27(31)28(32)29(25)13-14-34-19(4)5)26(30)21-10-8-12-23(16-21)35-17-18(2)3/h7-12,15-16,18-19,25,30H,6,13-14,17H2,1-5H3/b26-24-. The fraction of sp³-hybridized carbons (Fsp3) is 0.429. The van der Waals surface area contributed by atoms with Crippen molar-refractivity contribution in [2.75, 3.05) is 26.4 Å². The average Bonchev–Trinajstić information content (AvgIpc) is 3.07. The minimum absolute atomic E-state index is 0.0138. The molecule has 0 radical (unpaired) electrons. The summed E-state index contributed by atoms with van der Waals surface area (Å²) < 4.78 is 17.1. The number of carbonyl (C=O) groups is 2. The lowest BCUT2D eigenvalue weighted by Crippen LogP contribution is -2.33. The van der Waals surface area contributed by atoms with Gasteiger partial charge in [-0.05, 0) is 56.5 Å². The largest absolute Gasteiger partial charge is 0.507 e. The molecule has 1 amide bonds. The molecule has 1 unspecified atom stereocenters. The average molecular weight is 482 g/mol. The van der Waals surface area contributed by atoms with Crippen LogP contribution in [0.4, 0.5) is 0 Å². The molecule has 2 aromatic carbocycles. The molecule has 0 spiro atoms. The first-order chi connectivity index (χ1) is 16.7. The summed E-state index contributed by atoms with van der Waals surface area (Å²) in [5, 5.41) is 11.3. The Morgan fingerprint density at radius 2 is 1.69 bits per heavy atom. The number of nitrogens with zero attached hydrogens (tertiary/aromatic N) is 1. The third kappa shape index (κ3) is 6.42. The number of likely N-dealkylation sites (tertiary alicyclic amines) is 1. The normalized spacial score (nSPS) is 17.5. The van der Waals surface area contributed by atoms with Gasteiger partial charge >= 0.3 is 0 Å². The molecule has 0 aliphatic carbocycles. The number of carbonyl (C=O) groups excluding carboxylic acids is 2. The Morgan fingerprint density at radius 3 is 2.34 bits per heavy atom. The van der Waals surface area contributed by atoms with Crippen molar-refractivity contribution in [3.63, 3.8) is 0 Å². The maximum Gasteiger partial charge on any atom is 0.295 e. The second kappa shape index (κ2) is 11.9. The van der Waals surface area contributed by atoms with Gasteiger partial charge in [0.2, 0.25) is 0 Å². The summed E-state index contributed by atoms with van der Waals surface area (Å²) >= 11 is 0. The van der Waals surface area contributed by atoms with Gasteiger partial charge in [-0.1, -0.05) is 38.1 Å². The van der Waals surface area contributed by atoms with Gasteiger partial charge in [-0.2, -0.15) is 0 Å². The Hall–Kier alpha value is -3.32. The van der Waals surface area contributed by atoms with Crippen LogP contribution in [-0.4, -0.2) is 54.2 Å². The lowest BCUT2D eigenvalue weighted by molar-refractivity contribution is -0.140. The van der Waals surface area contributed by atoms with Gasteiger partial charge in [-0.25, -0.2) is 0 Å². The fourth-order valence-corrected chi connectivity index (χ4v) is 3.94. The number of aliphatic hydroxyl groups is 1. The van der Waals surface area contributed by atoms with Crippen LogP contribution < -0.4 is 9.47 Å². The van der Waals surface area contributed by atoms with Crippen molar-refractivity contribution in [1.29, 1.82) is 0 Å². The smallest absolute Gasteiger partial charge is 0.295 e. The van der Waals surface area contributed by atoms with E-state index in [-0.39, 0.29) is 30.6 Å². The van der Waals surface area contributed by atoms with Crippen LogP contribution in [0.3, 0.4) is 0 Å². The van der Waals surface area contributed by atoms with Gasteiger partial charge in [0, 0.05) is 12.1 Å². The summed E-state index contributed by atoms with van der Waals surface area (Å²) in [4.78, 5) is 27.8. The van der Waals surface area contributed by atoms with Crippen LogP contribution in [0.1, 0.15) is 51.8 Å². The van der Waals surface area contributed by atoms with Crippen LogP contribution in [0.2, 0.25) is 0 Å². The van der Waals surface area contributed by atoms with Crippen molar-refractivity contribution in [1.82, 2.24) is 4.90 Å². The van der Waals surface area contributed by atoms with Crippen molar-refractivity contribution >= 4 is 17.4 Å². The van der Waals surface area contributed by atoms with E-state index in [0.717, 1.165) is 0 Å². The molecule has 0 aromatic heterocycles. The van der Waals surface area contributed by atoms with Gasteiger partial charge in [-0.15, -0.1) is 0 Å². The molecule has 0 bridgehead atoms. The summed E-state index contributed by atoms with van der Waals surface area (Å²) in [6.45, 7) is 11.3. The van der Waals surface area contributed by atoms with Crippen LogP contribution in [0.5, 0.6) is 11.5 Å². The number of benzene rings is 2. The van der Waals surface area contributed by atoms with Crippen LogP contribution in [0.25, 0.3) is 5.76 Å². The van der Waals surface area contributed by atoms with Crippen LogP contribution >= 0.6 is 0 Å². The highest BCUT2D eigenvalue weighted by molar-refractivity contribution is 6.46. The minimum Gasteiger partial charge on any atom is -0.507 e. The number of hydrogen-bond donors (Lipinski definition) is 1. The number of ketones is 1. The molecular weight excluding hydrogens is 446 g/mol. The summed E-state index contributed by atoms with van der Waals surface area (Å²) in [5.41, 5.74) is 1.12. The first-order valence-corrected chi connectivity index (χ1v) is 12.1. The van der Waals surface area contributed by atoms with Gasteiger partial charge in [0.1, 0.15) is 17.3 Å². The number of Topliss-reactive ketones (excluding diaryl/α,β-unsaturated/α-hetero) is 1. The van der Waals surface area contributed by atoms with E-state index in [9.17, 15) is 14.7 Å². The highest BCUT2D eigenvalue weighted by Gasteiger charge is 2.46. The predicted molar refractivity (Wildman–Crippen MR) is 134 cm³/mol. The molecule has 3 rings (SSSR count). The first kappa shape index (κ1) is 26.3. The van der Waals surface area contributed by atoms with Crippen molar-refractivity contribution in [2.45, 2.75) is 46.8 Å². The van der Waals surface area contributed by atoms with E-state index < -0.39 is 17.7 Å². The maximum atomic E-state index is 13.2. The third-order valence-corrected chi connectivity index (χ3v) is 5.50. The topological polar surface area (TPSA) is 85.3 Å². The molecule has 35 heavy (non-hydrogen) atoms. The molecule has 1 fully saturated rings. The Kier molecular flexibility index (Phi) is 8.93. The number of aliphatic hydroxyl groups excluding tert-OH is 1. The quantitative estimate of drug-likeness (QED) is 0.277. The maximum absolute atomic E-state index is 13.2. The molecule has 0 saturated carbocycles. The Morgan fingerprint density at radius 1 is 1.00 bits per heavy atom. The summed E-state index contributed by atoms with van der Waals surface area (Å²) in [6.07, 6.45) is -0.0138. The minimum atomic E-state index is -0.772. The molecule has 1 aliphatic heterocycles. The lowest BCUT2D eigenvalue weighted by atomic mass is 9.95. The van der Waals surface area contributed by atoms with E-state index in [2.05, 4.69) is 0 Å². The summed E-state index contributed by atoms with van der Waals surface area (Å²) in [6, 6.07) is 13.4. The van der Waals surface area contributed by atoms with E-state index in [1.54, 1.807) is 30.3 Å². The fourth-order valence-electron chi connectivity index (χ4n) is 3.94. The van der Waals surface area contributed by atoms with Crippen molar-refractivity contribution in [2.24, 2.45) is 5.92 Å². The van der Waals surface area contributed by atoms with E-state index in [1.807, 2.05) is 52.8 Å². The van der Waals surface area contributed by atoms with Crippen molar-refractivity contribution < 1.29 is 28.9 Å². The number of ether oxygens (including phenoxy) is 3. The van der Waals surface area contributed by atoms with E-state index >= 15 is 0 Å². The second-order valence-electron chi connectivity index (χ2n) is 9.15. The summed E-state index contributed by atoms with van der Waals surface area (Å²) in [7, 11) is 0. The number of amides is 1. The van der Waals surface area contributed by atoms with Crippen LogP contribution in [-0.2, 0) is 14.3 Å². The molecule has 188 valence electrons. The number of hydrogen-bond acceptors (Lipinski definition) is 6. The first-order valence-electron chi connectivity index (χ1n) is 12.1. The molecule has 1 atom stereocenters. The molecule has 2 aromatic rings. The van der Waals surface area contributed by atoms with E-state index in [0.29, 0.717) is 41.8 Å². The van der Waals surface area contributed by atoms with E-state index in [4.69, 9.17) is 14.2 Å². The summed E-state index contributed by atoms with van der Waals surface area (Å²) in [5.74, 6) is -0.0960. The third-order valence-electron chi connectivity index (χ3n) is 5.50. The highest BCUT2D eigenvalue weighted by atomic mass is 16.5. The van der Waals surface area contributed by atoms with Crippen molar-refractivity contribution in [3.8, 4) is 11.5 Å². The molecule has 1 aliphatic rings. The zero-order valence-electron chi connectivity index (χ0n) is 21.1. The number of rotatable bonds is 11. The zero-order valence-corrected chi connectivity index (χ0v) is 21.1. The zero-order chi connectivity index (χ0) is 25.5. The van der Waals surface area contributed by atoms with Crippen molar-refractivity contribution in [3.05, 3.63) is 65.2 Å². The molecule has 7 heteroatoms. The Labute approximate surface area is 207 Å². The highest BCUT2D eigenvalue weighted by Crippen LogP contribution is 2.40. The molecular formula is C28H35NO6. The van der Waals surface area contributed by atoms with Gasteiger partial charge in [0.05, 0.1) is 37.5 Å². The Balaban J connectivity index is 2.07. The van der Waals surface area contributed by atoms with Gasteiger partial charge < -0.3 is 24.2 Å². The monoisotopic (exact) mass is 481 g/mol. The molecule has 7 nitrogen and oxygen atoms in total. The Bertz CT molecular complexity index is 1070. The van der Waals surface area contributed by atoms with Gasteiger partial charge in [0.15, 0.2) is 0 Å². The second-order valence-corrected chi connectivity index (χ2v) is 9.15. The van der Waals surface area contributed by atoms with Crippen LogP contribution in [0.15, 0.2) is 54.1 Å². The van der Waals surface area contributed by atoms with E-state index in [1.165, 1.54) is 4.90 Å². The molecule has 1 heterocycles. The SMILES string of the molecule is CCOc1cccc(C2/C(=C(/O)c3cccc(OCC(C)C)c3)C(=O)C(=O)N2CCOC(C)C)c1. The molecule has 1 saturated heterocycles. The predicted octanol–water partition coefficient (Wildman–Crippen LogP) is 4.97. The molecule has 1 N–H and O–H groups in total.